The molecule has 0 unspecified atom stereocenters. The van der Waals surface area contributed by atoms with Gasteiger partial charge in [-0.25, -0.2) is 0 Å². The van der Waals surface area contributed by atoms with Gasteiger partial charge in [-0.15, -0.1) is 0 Å². The van der Waals surface area contributed by atoms with Crippen LogP contribution >= 0.6 is 0 Å². The Morgan fingerprint density at radius 1 is 0.792 bits per heavy atom. The Morgan fingerprint density at radius 2 is 1.48 bits per heavy atom. The number of carboxylic acids is 1. The van der Waals surface area contributed by atoms with Crippen molar-refractivity contribution < 1.29 is 29.3 Å². The first-order valence-electron chi connectivity index (χ1n) is 16.8. The van der Waals surface area contributed by atoms with Crippen LogP contribution in [-0.4, -0.2) is 46.7 Å². The van der Waals surface area contributed by atoms with E-state index in [-0.39, 0.29) is 31.1 Å². The summed E-state index contributed by atoms with van der Waals surface area (Å²) in [6.07, 6.45) is 2.46. The minimum absolute atomic E-state index is 0.00246. The molecule has 0 spiro atoms. The average molecular weight is 651 g/mol. The monoisotopic (exact) mass is 650 g/mol. The van der Waals surface area contributed by atoms with Crippen LogP contribution in [0.4, 0.5) is 0 Å². The molecule has 0 bridgehead atoms. The first kappa shape index (κ1) is 35.0. The zero-order valence-electron chi connectivity index (χ0n) is 27.6. The second-order valence-corrected chi connectivity index (χ2v) is 12.5. The number of amides is 1. The van der Waals surface area contributed by atoms with Gasteiger partial charge in [-0.2, -0.15) is 0 Å². The molecule has 8 nitrogen and oxygen atoms in total. The second-order valence-electron chi connectivity index (χ2n) is 12.5. The second kappa shape index (κ2) is 17.7. The summed E-state index contributed by atoms with van der Waals surface area (Å²) >= 11 is 0. The standard InChI is InChI=1S/C40H46N2O6/c1-42(26-29-10-4-2-5-11-29)27-35-24-37(32-18-16-30(28-43)17-19-32)48-40(47-35)33-22-20-31(21-23-33)36-13-9-8-12-34(36)25-41-38(44)14-6-3-7-15-39(45)46/h2,4-5,8-13,16-23,35,37,40,43H,3,6-7,14-15,24-28H2,1H3,(H,41,44)(H,45,46)/t35-,37+,40+/m0/s1. The van der Waals surface area contributed by atoms with Crippen LogP contribution < -0.4 is 5.32 Å². The van der Waals surface area contributed by atoms with E-state index >= 15 is 0 Å². The summed E-state index contributed by atoms with van der Waals surface area (Å²) in [4.78, 5) is 25.4. The number of benzene rings is 4. The van der Waals surface area contributed by atoms with Crippen LogP contribution in [0, 0.1) is 0 Å². The Balaban J connectivity index is 1.25. The number of rotatable bonds is 16. The first-order valence-corrected chi connectivity index (χ1v) is 16.8. The predicted octanol–water partition coefficient (Wildman–Crippen LogP) is 7.17. The quantitative estimate of drug-likeness (QED) is 0.110. The van der Waals surface area contributed by atoms with E-state index in [9.17, 15) is 14.7 Å². The van der Waals surface area contributed by atoms with E-state index in [1.54, 1.807) is 0 Å². The lowest BCUT2D eigenvalue weighted by Crippen LogP contribution is -2.37. The Labute approximate surface area is 283 Å². The number of nitrogens with one attached hydrogen (secondary N) is 1. The molecule has 252 valence electrons. The van der Waals surface area contributed by atoms with Crippen molar-refractivity contribution >= 4 is 11.9 Å². The van der Waals surface area contributed by atoms with Gasteiger partial charge in [0.05, 0.1) is 18.8 Å². The summed E-state index contributed by atoms with van der Waals surface area (Å²) in [5, 5.41) is 21.3. The number of hydrogen-bond acceptors (Lipinski definition) is 6. The molecule has 3 atom stereocenters. The van der Waals surface area contributed by atoms with Crippen molar-refractivity contribution in [2.24, 2.45) is 0 Å². The number of ether oxygens (including phenoxy) is 2. The van der Waals surface area contributed by atoms with Crippen molar-refractivity contribution in [2.45, 2.75) is 76.7 Å². The van der Waals surface area contributed by atoms with Gasteiger partial charge in [-0.1, -0.05) is 110 Å². The number of hydrogen-bond donors (Lipinski definition) is 3. The SMILES string of the molecule is CN(Cc1ccccc1)C[C@@H]1C[C@H](c2ccc(CO)cc2)O[C@H](c2ccc(-c3ccccc3CNC(=O)CCCCCC(=O)O)cc2)O1. The van der Waals surface area contributed by atoms with E-state index in [1.165, 1.54) is 5.56 Å². The normalized spacial score (nSPS) is 17.7. The van der Waals surface area contributed by atoms with Gasteiger partial charge < -0.3 is 25.0 Å². The van der Waals surface area contributed by atoms with Crippen LogP contribution in [0.25, 0.3) is 11.1 Å². The van der Waals surface area contributed by atoms with Crippen LogP contribution in [0.2, 0.25) is 0 Å². The molecule has 1 saturated heterocycles. The third-order valence-corrected chi connectivity index (χ3v) is 8.71. The molecular formula is C40H46N2O6. The van der Waals surface area contributed by atoms with Crippen molar-refractivity contribution in [3.63, 3.8) is 0 Å². The molecule has 5 rings (SSSR count). The Hall–Kier alpha value is -4.34. The van der Waals surface area contributed by atoms with Crippen molar-refractivity contribution in [1.82, 2.24) is 10.2 Å². The number of aliphatic hydroxyl groups is 1. The number of likely N-dealkylation sites (N-methyl/N-ethyl adjacent to an activating group) is 1. The van der Waals surface area contributed by atoms with Gasteiger partial charge in [-0.05, 0) is 53.3 Å². The third kappa shape index (κ3) is 10.3. The summed E-state index contributed by atoms with van der Waals surface area (Å²) < 4.78 is 13.2. The summed E-state index contributed by atoms with van der Waals surface area (Å²) in [6.45, 7) is 1.99. The number of nitrogens with zero attached hydrogens (tertiary/aromatic N) is 1. The molecule has 4 aromatic carbocycles. The van der Waals surface area contributed by atoms with Gasteiger partial charge in [0.1, 0.15) is 0 Å². The molecule has 1 fully saturated rings. The van der Waals surface area contributed by atoms with Crippen LogP contribution in [0.15, 0.2) is 103 Å². The zero-order chi connectivity index (χ0) is 33.7. The zero-order valence-corrected chi connectivity index (χ0v) is 27.6. The minimum atomic E-state index is -0.802. The summed E-state index contributed by atoms with van der Waals surface area (Å²) in [5.74, 6) is -0.838. The number of unbranched alkanes of at least 4 members (excludes halogenated alkanes) is 2. The highest BCUT2D eigenvalue weighted by molar-refractivity contribution is 5.76. The van der Waals surface area contributed by atoms with Gasteiger partial charge in [0.25, 0.3) is 0 Å². The molecule has 1 aliphatic rings. The maximum absolute atomic E-state index is 12.5. The molecule has 0 saturated carbocycles. The van der Waals surface area contributed by atoms with Gasteiger partial charge in [-0.3, -0.25) is 14.5 Å². The maximum atomic E-state index is 12.5. The highest BCUT2D eigenvalue weighted by atomic mass is 16.7. The molecule has 1 aliphatic heterocycles. The number of carbonyl (C=O) groups is 2. The lowest BCUT2D eigenvalue weighted by atomic mass is 9.97. The molecule has 0 aromatic heterocycles. The highest BCUT2D eigenvalue weighted by Gasteiger charge is 2.33. The lowest BCUT2D eigenvalue weighted by molar-refractivity contribution is -0.252. The van der Waals surface area contributed by atoms with Crippen molar-refractivity contribution in [1.29, 1.82) is 0 Å². The van der Waals surface area contributed by atoms with E-state index < -0.39 is 12.3 Å². The highest BCUT2D eigenvalue weighted by Crippen LogP contribution is 2.39. The fraction of sp³-hybridized carbons (Fsp3) is 0.350. The maximum Gasteiger partial charge on any atom is 0.303 e. The fourth-order valence-electron chi connectivity index (χ4n) is 6.14. The molecule has 1 amide bonds. The first-order chi connectivity index (χ1) is 23.4. The lowest BCUT2D eigenvalue weighted by Gasteiger charge is -2.38. The molecule has 3 N–H and O–H groups in total. The number of aliphatic hydroxyl groups excluding tert-OH is 1. The Morgan fingerprint density at radius 3 is 2.21 bits per heavy atom. The molecule has 0 radical (unpaired) electrons. The van der Waals surface area contributed by atoms with Crippen molar-refractivity contribution in [2.75, 3.05) is 13.6 Å². The Kier molecular flexibility index (Phi) is 12.9. The molecule has 0 aliphatic carbocycles. The molecule has 1 heterocycles. The number of carbonyl (C=O) groups excluding carboxylic acids is 1. The number of carboxylic acid groups (broad SMARTS) is 1. The smallest absolute Gasteiger partial charge is 0.303 e. The predicted molar refractivity (Wildman–Crippen MR) is 186 cm³/mol. The summed E-state index contributed by atoms with van der Waals surface area (Å²) in [5.41, 5.74) is 7.20. The largest absolute Gasteiger partial charge is 0.481 e. The number of aliphatic carboxylic acids is 1. The van der Waals surface area contributed by atoms with Crippen LogP contribution in [0.5, 0.6) is 0 Å². The third-order valence-electron chi connectivity index (χ3n) is 8.71. The van der Waals surface area contributed by atoms with Gasteiger partial charge >= 0.3 is 5.97 Å². The van der Waals surface area contributed by atoms with E-state index in [1.807, 2.05) is 48.5 Å². The van der Waals surface area contributed by atoms with E-state index in [0.717, 1.165) is 52.9 Å². The Bertz CT molecular complexity index is 1590. The van der Waals surface area contributed by atoms with Gasteiger partial charge in [0.15, 0.2) is 6.29 Å². The van der Waals surface area contributed by atoms with Gasteiger partial charge in [0.2, 0.25) is 5.91 Å². The van der Waals surface area contributed by atoms with Crippen molar-refractivity contribution in [3.05, 3.63) is 131 Å². The van der Waals surface area contributed by atoms with E-state index in [0.29, 0.717) is 32.2 Å². The van der Waals surface area contributed by atoms with Crippen LogP contribution in [-0.2, 0) is 38.8 Å². The molecular weight excluding hydrogens is 604 g/mol. The topological polar surface area (TPSA) is 108 Å². The van der Waals surface area contributed by atoms with E-state index in [4.69, 9.17) is 14.6 Å². The van der Waals surface area contributed by atoms with E-state index in [2.05, 4.69) is 71.9 Å². The van der Waals surface area contributed by atoms with Crippen molar-refractivity contribution in [3.8, 4) is 11.1 Å². The van der Waals surface area contributed by atoms with Crippen LogP contribution in [0.3, 0.4) is 0 Å². The molecule has 4 aromatic rings. The van der Waals surface area contributed by atoms with Crippen LogP contribution in [0.1, 0.15) is 78.7 Å². The van der Waals surface area contributed by atoms with Gasteiger partial charge in [0, 0.05) is 44.5 Å². The fourth-order valence-corrected chi connectivity index (χ4v) is 6.14. The average Bonchev–Trinajstić information content (AvgIpc) is 3.11. The molecule has 8 heteroatoms. The summed E-state index contributed by atoms with van der Waals surface area (Å²) in [6, 6.07) is 34.6. The molecule has 48 heavy (non-hydrogen) atoms. The summed E-state index contributed by atoms with van der Waals surface area (Å²) in [7, 11) is 2.11. The minimum Gasteiger partial charge on any atom is -0.481 e.